The molecule has 0 bridgehead atoms. The Balaban J connectivity index is 1.78. The van der Waals surface area contributed by atoms with Gasteiger partial charge in [0.05, 0.1) is 24.6 Å². The average Bonchev–Trinajstić information content (AvgIpc) is 2.67. The second-order valence-electron chi connectivity index (χ2n) is 6.40. The number of anilines is 1. The Morgan fingerprint density at radius 2 is 2.00 bits per heavy atom. The molecule has 1 saturated heterocycles. The summed E-state index contributed by atoms with van der Waals surface area (Å²) in [5.41, 5.74) is 4.66. The van der Waals surface area contributed by atoms with Gasteiger partial charge in [-0.1, -0.05) is 0 Å². The number of H-pyrrole nitrogens is 1. The van der Waals surface area contributed by atoms with Gasteiger partial charge in [-0.25, -0.2) is 9.97 Å². The number of nitrogens with one attached hydrogen (secondary N) is 1. The van der Waals surface area contributed by atoms with Gasteiger partial charge in [0.15, 0.2) is 17.5 Å². The second kappa shape index (κ2) is 8.00. The summed E-state index contributed by atoms with van der Waals surface area (Å²) in [5, 5.41) is 49.3. The quantitative estimate of drug-likeness (QED) is 0.261. The lowest BCUT2D eigenvalue weighted by Gasteiger charge is -2.40. The Hall–Kier alpha value is -2.26. The van der Waals surface area contributed by atoms with E-state index in [4.69, 9.17) is 15.2 Å². The highest BCUT2D eigenvalue weighted by molar-refractivity contribution is 5.69. The third-order valence-electron chi connectivity index (χ3n) is 4.40. The molecule has 7 atom stereocenters. The number of fused-ring (bicyclic) bond motifs is 1. The van der Waals surface area contributed by atoms with Crippen molar-refractivity contribution in [2.45, 2.75) is 49.8 Å². The summed E-state index contributed by atoms with van der Waals surface area (Å²) in [4.78, 5) is 26.0. The molecule has 0 spiro atoms. The third-order valence-corrected chi connectivity index (χ3v) is 4.40. The molecule has 0 saturated carbocycles. The van der Waals surface area contributed by atoms with E-state index in [2.05, 4.69) is 19.9 Å². The van der Waals surface area contributed by atoms with Gasteiger partial charge in [-0.15, -0.1) is 0 Å². The van der Waals surface area contributed by atoms with Gasteiger partial charge in [-0.3, -0.25) is 9.78 Å². The Morgan fingerprint density at radius 1 is 1.29 bits per heavy atom. The molecule has 1 aliphatic heterocycles. The topological polar surface area (TPSA) is 217 Å². The van der Waals surface area contributed by atoms with Crippen molar-refractivity contribution in [3.8, 4) is 0 Å². The Labute approximate surface area is 157 Å². The predicted octanol–water partition coefficient (Wildman–Crippen LogP) is -3.47. The van der Waals surface area contributed by atoms with Crippen LogP contribution in [0.25, 0.3) is 11.2 Å². The molecule has 3 rings (SSSR count). The van der Waals surface area contributed by atoms with E-state index in [-0.39, 0.29) is 22.8 Å². The Bertz CT molecular complexity index is 892. The number of rotatable bonds is 5. The predicted molar refractivity (Wildman–Crippen MR) is 91.6 cm³/mol. The molecule has 1 fully saturated rings. The van der Waals surface area contributed by atoms with Crippen LogP contribution in [0.4, 0.5) is 5.95 Å². The molecule has 2 aromatic heterocycles. The first kappa shape index (κ1) is 20.5. The van der Waals surface area contributed by atoms with Crippen molar-refractivity contribution < 1.29 is 35.0 Å². The molecule has 13 heteroatoms. The lowest BCUT2D eigenvalue weighted by atomic mass is 9.99. The van der Waals surface area contributed by atoms with Gasteiger partial charge in [-0.2, -0.15) is 4.98 Å². The molecule has 154 valence electrons. The highest BCUT2D eigenvalue weighted by Gasteiger charge is 2.45. The SMILES string of the molecule is C[C@H](OC1O[C@H](CO)[C@@H](O)[C@H](O)[C@H]1O)[C@H](O)c1cnc2nc(N)[nH]c(=O)c2n1. The number of nitrogen functional groups attached to an aromatic ring is 1. The first-order valence-corrected chi connectivity index (χ1v) is 8.39. The van der Waals surface area contributed by atoms with Gasteiger partial charge in [0, 0.05) is 0 Å². The van der Waals surface area contributed by atoms with E-state index in [9.17, 15) is 30.3 Å². The summed E-state index contributed by atoms with van der Waals surface area (Å²) >= 11 is 0. The van der Waals surface area contributed by atoms with Gasteiger partial charge in [0.2, 0.25) is 5.95 Å². The molecule has 0 radical (unpaired) electrons. The van der Waals surface area contributed by atoms with E-state index in [1.165, 1.54) is 13.1 Å². The molecule has 3 heterocycles. The van der Waals surface area contributed by atoms with Crippen LogP contribution in [0.1, 0.15) is 18.7 Å². The highest BCUT2D eigenvalue weighted by atomic mass is 16.7. The van der Waals surface area contributed by atoms with Crippen molar-refractivity contribution in [1.29, 1.82) is 0 Å². The number of aliphatic hydroxyl groups excluding tert-OH is 5. The van der Waals surface area contributed by atoms with Crippen molar-refractivity contribution in [1.82, 2.24) is 19.9 Å². The summed E-state index contributed by atoms with van der Waals surface area (Å²) in [6.45, 7) is 0.820. The molecule has 2 aromatic rings. The molecule has 1 aliphatic rings. The maximum absolute atomic E-state index is 11.9. The zero-order valence-electron chi connectivity index (χ0n) is 14.7. The smallest absolute Gasteiger partial charge is 0.280 e. The molecular formula is C15H21N5O8. The summed E-state index contributed by atoms with van der Waals surface area (Å²) in [5.74, 6) is -0.126. The monoisotopic (exact) mass is 399 g/mol. The summed E-state index contributed by atoms with van der Waals surface area (Å²) in [6.07, 6.45) is -8.58. The number of hydrogen-bond donors (Lipinski definition) is 7. The zero-order chi connectivity index (χ0) is 20.6. The fourth-order valence-corrected chi connectivity index (χ4v) is 2.80. The number of nitrogens with two attached hydrogens (primary N) is 1. The largest absolute Gasteiger partial charge is 0.394 e. The minimum absolute atomic E-state index is 0.000273. The average molecular weight is 399 g/mol. The van der Waals surface area contributed by atoms with Crippen molar-refractivity contribution in [2.75, 3.05) is 12.3 Å². The van der Waals surface area contributed by atoms with E-state index in [1.54, 1.807) is 0 Å². The maximum atomic E-state index is 11.9. The lowest BCUT2D eigenvalue weighted by Crippen LogP contribution is -2.59. The van der Waals surface area contributed by atoms with Gasteiger partial charge < -0.3 is 40.7 Å². The Morgan fingerprint density at radius 3 is 2.68 bits per heavy atom. The van der Waals surface area contributed by atoms with Crippen molar-refractivity contribution in [3.05, 3.63) is 22.2 Å². The van der Waals surface area contributed by atoms with Crippen LogP contribution in [0.2, 0.25) is 0 Å². The van der Waals surface area contributed by atoms with Gasteiger partial charge in [0.25, 0.3) is 5.56 Å². The van der Waals surface area contributed by atoms with E-state index >= 15 is 0 Å². The third kappa shape index (κ3) is 3.81. The summed E-state index contributed by atoms with van der Waals surface area (Å²) < 4.78 is 10.7. The number of nitrogens with zero attached hydrogens (tertiary/aromatic N) is 3. The van der Waals surface area contributed by atoms with Crippen LogP contribution >= 0.6 is 0 Å². The molecule has 0 aliphatic carbocycles. The van der Waals surface area contributed by atoms with Crippen LogP contribution in [0.15, 0.2) is 11.0 Å². The van der Waals surface area contributed by atoms with E-state index in [0.29, 0.717) is 0 Å². The summed E-state index contributed by atoms with van der Waals surface area (Å²) in [6, 6.07) is 0. The van der Waals surface area contributed by atoms with E-state index in [1.807, 2.05) is 0 Å². The van der Waals surface area contributed by atoms with Gasteiger partial charge >= 0.3 is 0 Å². The normalized spacial score (nSPS) is 30.3. The van der Waals surface area contributed by atoms with E-state index < -0.39 is 55.1 Å². The van der Waals surface area contributed by atoms with Crippen molar-refractivity contribution in [2.24, 2.45) is 0 Å². The minimum atomic E-state index is -1.62. The number of aromatic amines is 1. The molecule has 1 unspecified atom stereocenters. The van der Waals surface area contributed by atoms with Gasteiger partial charge in [-0.05, 0) is 6.92 Å². The summed E-state index contributed by atoms with van der Waals surface area (Å²) in [7, 11) is 0. The molecule has 0 aromatic carbocycles. The molecule has 28 heavy (non-hydrogen) atoms. The number of aromatic nitrogens is 4. The number of hydrogen-bond acceptors (Lipinski definition) is 12. The molecule has 13 nitrogen and oxygen atoms in total. The standard InChI is InChI=1S/C15H21N5O8/c1-4(27-14-11(25)10(24)9(23)6(3-21)28-14)8(22)5-2-17-12-7(18-5)13(26)20-15(16)19-12/h2,4,6,8-11,14,21-25H,3H2,1H3,(H3,16,17,19,20,26)/t4-,6+,8-,9+,10-,11+,14?/m0/s1. The van der Waals surface area contributed by atoms with Crippen LogP contribution in [0.3, 0.4) is 0 Å². The molecule has 8 N–H and O–H groups in total. The molecule has 0 amide bonds. The van der Waals surface area contributed by atoms with Crippen LogP contribution in [-0.4, -0.2) is 88.9 Å². The number of aliphatic hydroxyl groups is 5. The van der Waals surface area contributed by atoms with Gasteiger partial charge in [0.1, 0.15) is 30.5 Å². The minimum Gasteiger partial charge on any atom is -0.394 e. The van der Waals surface area contributed by atoms with Crippen LogP contribution in [0.5, 0.6) is 0 Å². The fourth-order valence-electron chi connectivity index (χ4n) is 2.80. The first-order chi connectivity index (χ1) is 13.2. The van der Waals surface area contributed by atoms with Crippen LogP contribution in [0, 0.1) is 0 Å². The first-order valence-electron chi connectivity index (χ1n) is 8.39. The number of ether oxygens (including phenoxy) is 2. The van der Waals surface area contributed by atoms with Crippen LogP contribution in [-0.2, 0) is 9.47 Å². The molecular weight excluding hydrogens is 378 g/mol. The Kier molecular flexibility index (Phi) is 5.85. The highest BCUT2D eigenvalue weighted by Crippen LogP contribution is 2.26. The maximum Gasteiger partial charge on any atom is 0.280 e. The van der Waals surface area contributed by atoms with Crippen molar-refractivity contribution >= 4 is 17.1 Å². The zero-order valence-corrected chi connectivity index (χ0v) is 14.7. The van der Waals surface area contributed by atoms with Crippen LogP contribution < -0.4 is 11.3 Å². The lowest BCUT2D eigenvalue weighted by molar-refractivity contribution is -0.315. The fraction of sp³-hybridized carbons (Fsp3) is 0.600. The second-order valence-corrected chi connectivity index (χ2v) is 6.40. The van der Waals surface area contributed by atoms with Crippen molar-refractivity contribution in [3.63, 3.8) is 0 Å². The van der Waals surface area contributed by atoms with E-state index in [0.717, 1.165) is 0 Å².